The zero-order valence-corrected chi connectivity index (χ0v) is 11.8. The number of nitrogens with zero attached hydrogens (tertiary/aromatic N) is 1. The van der Waals surface area contributed by atoms with Crippen molar-refractivity contribution in [2.75, 3.05) is 13.2 Å². The standard InChI is InChI=1S/C16H19NO4/c1-2-12-8-15(18)17(9-12)14(16(19)20)11-21-10-13-6-4-3-5-7-13/h2-7,12,14H,1,8-11H2,(H,19,20)/t12?,14-/m0/s1. The number of likely N-dealkylation sites (tertiary alicyclic amines) is 1. The quantitative estimate of drug-likeness (QED) is 0.776. The van der Waals surface area contributed by atoms with E-state index < -0.39 is 12.0 Å². The molecule has 2 rings (SSSR count). The number of amides is 1. The summed E-state index contributed by atoms with van der Waals surface area (Å²) in [6, 6.07) is 8.57. The van der Waals surface area contributed by atoms with Crippen LogP contribution < -0.4 is 0 Å². The van der Waals surface area contributed by atoms with Crippen molar-refractivity contribution in [3.8, 4) is 0 Å². The van der Waals surface area contributed by atoms with Gasteiger partial charge in [-0.1, -0.05) is 36.4 Å². The first-order valence-corrected chi connectivity index (χ1v) is 6.88. The molecule has 0 bridgehead atoms. The SMILES string of the molecule is C=CC1CC(=O)N([C@@H](COCc2ccccc2)C(=O)O)C1. The van der Waals surface area contributed by atoms with Gasteiger partial charge in [-0.2, -0.15) is 0 Å². The summed E-state index contributed by atoms with van der Waals surface area (Å²) in [6.45, 7) is 4.37. The average Bonchev–Trinajstić information content (AvgIpc) is 2.85. The molecule has 1 heterocycles. The number of carbonyl (C=O) groups is 2. The van der Waals surface area contributed by atoms with Crippen molar-refractivity contribution < 1.29 is 19.4 Å². The number of carbonyl (C=O) groups excluding carboxylic acids is 1. The first kappa shape index (κ1) is 15.3. The van der Waals surface area contributed by atoms with Gasteiger partial charge in [0.2, 0.25) is 5.91 Å². The smallest absolute Gasteiger partial charge is 0.328 e. The van der Waals surface area contributed by atoms with Crippen LogP contribution in [-0.2, 0) is 20.9 Å². The molecule has 0 aliphatic carbocycles. The van der Waals surface area contributed by atoms with E-state index in [-0.39, 0.29) is 18.4 Å². The molecule has 0 spiro atoms. The van der Waals surface area contributed by atoms with E-state index in [1.807, 2.05) is 30.3 Å². The predicted molar refractivity (Wildman–Crippen MR) is 77.5 cm³/mol. The Morgan fingerprint density at radius 1 is 1.48 bits per heavy atom. The summed E-state index contributed by atoms with van der Waals surface area (Å²) in [6.07, 6.45) is 2.02. The molecule has 112 valence electrons. The Balaban J connectivity index is 1.92. The number of carboxylic acid groups (broad SMARTS) is 1. The monoisotopic (exact) mass is 289 g/mol. The maximum absolute atomic E-state index is 11.9. The van der Waals surface area contributed by atoms with Crippen LogP contribution in [0, 0.1) is 5.92 Å². The maximum atomic E-state index is 11.9. The van der Waals surface area contributed by atoms with Gasteiger partial charge in [0.05, 0.1) is 13.2 Å². The summed E-state index contributed by atoms with van der Waals surface area (Å²) in [5, 5.41) is 9.31. The van der Waals surface area contributed by atoms with Crippen LogP contribution in [0.3, 0.4) is 0 Å². The third kappa shape index (κ3) is 3.92. The normalized spacial score (nSPS) is 19.5. The minimum atomic E-state index is -1.04. The molecule has 1 amide bonds. The molecule has 1 aliphatic rings. The second kappa shape index (κ2) is 7.04. The molecule has 0 aromatic heterocycles. The van der Waals surface area contributed by atoms with Gasteiger partial charge in [-0.25, -0.2) is 4.79 Å². The lowest BCUT2D eigenvalue weighted by molar-refractivity contribution is -0.151. The van der Waals surface area contributed by atoms with Crippen molar-refractivity contribution in [3.63, 3.8) is 0 Å². The lowest BCUT2D eigenvalue weighted by atomic mass is 10.1. The molecule has 1 N–H and O–H groups in total. The van der Waals surface area contributed by atoms with Gasteiger partial charge in [-0.15, -0.1) is 6.58 Å². The lowest BCUT2D eigenvalue weighted by Crippen LogP contribution is -2.45. The zero-order chi connectivity index (χ0) is 15.2. The second-order valence-corrected chi connectivity index (χ2v) is 5.10. The van der Waals surface area contributed by atoms with Crippen molar-refractivity contribution in [1.29, 1.82) is 0 Å². The molecule has 5 heteroatoms. The number of benzene rings is 1. The summed E-state index contributed by atoms with van der Waals surface area (Å²) in [7, 11) is 0. The molecule has 1 aromatic carbocycles. The molecule has 0 saturated carbocycles. The van der Waals surface area contributed by atoms with Gasteiger partial charge in [0.1, 0.15) is 0 Å². The highest BCUT2D eigenvalue weighted by Crippen LogP contribution is 2.21. The summed E-state index contributed by atoms with van der Waals surface area (Å²) in [5.41, 5.74) is 0.971. The van der Waals surface area contributed by atoms with Crippen LogP contribution in [0.5, 0.6) is 0 Å². The number of hydrogen-bond donors (Lipinski definition) is 1. The lowest BCUT2D eigenvalue weighted by Gasteiger charge is -2.24. The molecule has 1 unspecified atom stereocenters. The zero-order valence-electron chi connectivity index (χ0n) is 11.8. The Bertz CT molecular complexity index is 514. The van der Waals surface area contributed by atoms with Gasteiger partial charge in [0.25, 0.3) is 0 Å². The molecule has 5 nitrogen and oxygen atoms in total. The van der Waals surface area contributed by atoms with Crippen LogP contribution in [0.2, 0.25) is 0 Å². The fourth-order valence-corrected chi connectivity index (χ4v) is 2.38. The average molecular weight is 289 g/mol. The van der Waals surface area contributed by atoms with Gasteiger partial charge < -0.3 is 14.7 Å². The largest absolute Gasteiger partial charge is 0.480 e. The number of aliphatic carboxylic acids is 1. The summed E-state index contributed by atoms with van der Waals surface area (Å²) in [4.78, 5) is 24.6. The van der Waals surface area contributed by atoms with Gasteiger partial charge in [0.15, 0.2) is 6.04 Å². The topological polar surface area (TPSA) is 66.8 Å². The molecule has 1 fully saturated rings. The molecule has 21 heavy (non-hydrogen) atoms. The summed E-state index contributed by atoms with van der Waals surface area (Å²) < 4.78 is 5.47. The van der Waals surface area contributed by atoms with Gasteiger partial charge in [-0.05, 0) is 5.56 Å². The van der Waals surface area contributed by atoms with Crippen LogP contribution in [0.4, 0.5) is 0 Å². The highest BCUT2D eigenvalue weighted by Gasteiger charge is 2.36. The first-order chi connectivity index (χ1) is 10.1. The van der Waals surface area contributed by atoms with E-state index in [0.29, 0.717) is 19.6 Å². The Hall–Kier alpha value is -2.14. The van der Waals surface area contributed by atoms with E-state index >= 15 is 0 Å². The molecule has 0 radical (unpaired) electrons. The molecule has 2 atom stereocenters. The maximum Gasteiger partial charge on any atom is 0.328 e. The molecular weight excluding hydrogens is 270 g/mol. The van der Waals surface area contributed by atoms with Crippen molar-refractivity contribution >= 4 is 11.9 Å². The van der Waals surface area contributed by atoms with Gasteiger partial charge in [-0.3, -0.25) is 4.79 Å². The Labute approximate surface area is 123 Å². The van der Waals surface area contributed by atoms with E-state index in [1.165, 1.54) is 4.90 Å². The van der Waals surface area contributed by atoms with E-state index in [0.717, 1.165) is 5.56 Å². The van der Waals surface area contributed by atoms with Crippen molar-refractivity contribution in [3.05, 3.63) is 48.6 Å². The summed E-state index contributed by atoms with van der Waals surface area (Å²) in [5.74, 6) is -1.18. The highest BCUT2D eigenvalue weighted by atomic mass is 16.5. The summed E-state index contributed by atoms with van der Waals surface area (Å²) >= 11 is 0. The fraction of sp³-hybridized carbons (Fsp3) is 0.375. The third-order valence-electron chi connectivity index (χ3n) is 3.57. The number of carboxylic acids is 1. The first-order valence-electron chi connectivity index (χ1n) is 6.88. The van der Waals surface area contributed by atoms with Crippen LogP contribution >= 0.6 is 0 Å². The van der Waals surface area contributed by atoms with Crippen LogP contribution in [0.25, 0.3) is 0 Å². The molecule has 1 aliphatic heterocycles. The van der Waals surface area contributed by atoms with Crippen molar-refractivity contribution in [2.24, 2.45) is 5.92 Å². The Morgan fingerprint density at radius 2 is 2.19 bits per heavy atom. The fourth-order valence-electron chi connectivity index (χ4n) is 2.38. The van der Waals surface area contributed by atoms with Crippen LogP contribution in [-0.4, -0.2) is 41.1 Å². The number of ether oxygens (including phenoxy) is 1. The third-order valence-corrected chi connectivity index (χ3v) is 3.57. The Kier molecular flexibility index (Phi) is 5.11. The van der Waals surface area contributed by atoms with E-state index in [4.69, 9.17) is 4.74 Å². The van der Waals surface area contributed by atoms with E-state index in [9.17, 15) is 14.7 Å². The van der Waals surface area contributed by atoms with E-state index in [2.05, 4.69) is 6.58 Å². The van der Waals surface area contributed by atoms with Gasteiger partial charge >= 0.3 is 5.97 Å². The van der Waals surface area contributed by atoms with Crippen molar-refractivity contribution in [2.45, 2.75) is 19.1 Å². The van der Waals surface area contributed by atoms with Crippen molar-refractivity contribution in [1.82, 2.24) is 4.90 Å². The Morgan fingerprint density at radius 3 is 2.76 bits per heavy atom. The molecule has 1 aromatic rings. The molecular formula is C16H19NO4. The second-order valence-electron chi connectivity index (χ2n) is 5.10. The number of hydrogen-bond acceptors (Lipinski definition) is 3. The van der Waals surface area contributed by atoms with Crippen LogP contribution in [0.1, 0.15) is 12.0 Å². The highest BCUT2D eigenvalue weighted by molar-refractivity contribution is 5.85. The predicted octanol–water partition coefficient (Wildman–Crippen LogP) is 1.69. The van der Waals surface area contributed by atoms with Crippen LogP contribution in [0.15, 0.2) is 43.0 Å². The minimum Gasteiger partial charge on any atom is -0.480 e. The van der Waals surface area contributed by atoms with Gasteiger partial charge in [0, 0.05) is 18.9 Å². The minimum absolute atomic E-state index is 0.0141. The van der Waals surface area contributed by atoms with E-state index in [1.54, 1.807) is 6.08 Å². The number of rotatable bonds is 7. The molecule has 1 saturated heterocycles.